The van der Waals surface area contributed by atoms with Gasteiger partial charge in [-0.1, -0.05) is 0 Å². The summed E-state index contributed by atoms with van der Waals surface area (Å²) in [7, 11) is -0.634. The molecule has 0 aromatic heterocycles. The zero-order valence-corrected chi connectivity index (χ0v) is 11.8. The van der Waals surface area contributed by atoms with E-state index in [0.717, 1.165) is 6.26 Å². The molecule has 6 nitrogen and oxygen atoms in total. The number of carbonyl (C=O) groups is 1. The second-order valence-electron chi connectivity index (χ2n) is 3.98. The van der Waals surface area contributed by atoms with Gasteiger partial charge in [-0.15, -0.1) is 0 Å². The highest BCUT2D eigenvalue weighted by molar-refractivity contribution is 7.90. The molecule has 7 heteroatoms. The van der Waals surface area contributed by atoms with Gasteiger partial charge >= 0.3 is 5.97 Å². The first-order valence-corrected chi connectivity index (χ1v) is 7.35. The van der Waals surface area contributed by atoms with E-state index in [1.165, 1.54) is 26.4 Å². The molecular formula is C12H16O6S. The molecule has 106 valence electrons. The van der Waals surface area contributed by atoms with Crippen LogP contribution in [0.1, 0.15) is 12.0 Å². The van der Waals surface area contributed by atoms with Gasteiger partial charge in [0.15, 0.2) is 21.3 Å². The van der Waals surface area contributed by atoms with E-state index in [0.29, 0.717) is 17.1 Å². The average Bonchev–Trinajstić information content (AvgIpc) is 2.33. The molecule has 0 fully saturated rings. The van der Waals surface area contributed by atoms with Crippen molar-refractivity contribution in [2.45, 2.75) is 17.7 Å². The van der Waals surface area contributed by atoms with Gasteiger partial charge in [0.05, 0.1) is 19.1 Å². The van der Waals surface area contributed by atoms with Crippen LogP contribution in [-0.2, 0) is 21.1 Å². The van der Waals surface area contributed by atoms with E-state index < -0.39 is 15.8 Å². The van der Waals surface area contributed by atoms with Crippen molar-refractivity contribution in [3.05, 3.63) is 17.7 Å². The Hall–Kier alpha value is -1.76. The fourth-order valence-corrected chi connectivity index (χ4v) is 2.64. The monoisotopic (exact) mass is 288 g/mol. The molecule has 0 unspecified atom stereocenters. The summed E-state index contributed by atoms with van der Waals surface area (Å²) in [5.41, 5.74) is 0.405. The van der Waals surface area contributed by atoms with Crippen molar-refractivity contribution in [3.63, 3.8) is 0 Å². The van der Waals surface area contributed by atoms with Gasteiger partial charge in [0, 0.05) is 18.7 Å². The molecule has 0 saturated heterocycles. The molecule has 0 amide bonds. The summed E-state index contributed by atoms with van der Waals surface area (Å²) in [5, 5.41) is 8.69. The van der Waals surface area contributed by atoms with Gasteiger partial charge < -0.3 is 14.6 Å². The molecule has 0 aliphatic heterocycles. The molecular weight excluding hydrogens is 272 g/mol. The normalized spacial score (nSPS) is 11.1. The number of aryl methyl sites for hydroxylation is 1. The number of aliphatic carboxylic acids is 1. The van der Waals surface area contributed by atoms with Crippen molar-refractivity contribution < 1.29 is 27.8 Å². The number of hydrogen-bond donors (Lipinski definition) is 1. The Morgan fingerprint density at radius 3 is 2.16 bits per heavy atom. The van der Waals surface area contributed by atoms with Crippen molar-refractivity contribution >= 4 is 15.8 Å². The van der Waals surface area contributed by atoms with Gasteiger partial charge in [-0.2, -0.15) is 0 Å². The van der Waals surface area contributed by atoms with Crippen LogP contribution < -0.4 is 9.47 Å². The molecule has 0 aliphatic carbocycles. The number of carboxylic acid groups (broad SMARTS) is 1. The summed E-state index contributed by atoms with van der Waals surface area (Å²) < 4.78 is 33.6. The Morgan fingerprint density at radius 1 is 1.21 bits per heavy atom. The molecule has 0 radical (unpaired) electrons. The van der Waals surface area contributed by atoms with Crippen LogP contribution in [0.3, 0.4) is 0 Å². The Morgan fingerprint density at radius 2 is 1.74 bits per heavy atom. The minimum atomic E-state index is -3.47. The fraction of sp³-hybridized carbons (Fsp3) is 0.417. The summed E-state index contributed by atoms with van der Waals surface area (Å²) in [6.07, 6.45) is 1.02. The van der Waals surface area contributed by atoms with Gasteiger partial charge in [0.1, 0.15) is 0 Å². The Labute approximate surface area is 111 Å². The number of ether oxygens (including phenoxy) is 2. The first kappa shape index (κ1) is 15.3. The van der Waals surface area contributed by atoms with Crippen LogP contribution in [0, 0.1) is 0 Å². The lowest BCUT2D eigenvalue weighted by Crippen LogP contribution is -2.06. The third-order valence-corrected chi connectivity index (χ3v) is 3.75. The van der Waals surface area contributed by atoms with Crippen LogP contribution in [0.25, 0.3) is 0 Å². The molecule has 0 atom stereocenters. The van der Waals surface area contributed by atoms with Gasteiger partial charge in [-0.05, 0) is 18.1 Å². The Bertz CT molecular complexity index is 576. The summed E-state index contributed by atoms with van der Waals surface area (Å²) in [6.45, 7) is 0. The summed E-state index contributed by atoms with van der Waals surface area (Å²) >= 11 is 0. The highest BCUT2D eigenvalue weighted by Gasteiger charge is 2.18. The Balaban J connectivity index is 3.36. The van der Waals surface area contributed by atoms with E-state index in [4.69, 9.17) is 14.6 Å². The largest absolute Gasteiger partial charge is 0.493 e. The summed E-state index contributed by atoms with van der Waals surface area (Å²) in [5.74, 6) is -0.327. The summed E-state index contributed by atoms with van der Waals surface area (Å²) in [6, 6.07) is 2.85. The van der Waals surface area contributed by atoms with Crippen LogP contribution >= 0.6 is 0 Å². The number of sulfone groups is 1. The molecule has 1 aromatic carbocycles. The quantitative estimate of drug-likeness (QED) is 0.843. The third kappa shape index (κ3) is 3.85. The van der Waals surface area contributed by atoms with Crippen molar-refractivity contribution in [2.75, 3.05) is 20.5 Å². The first-order chi connectivity index (χ1) is 8.79. The molecule has 1 rings (SSSR count). The van der Waals surface area contributed by atoms with E-state index in [1.54, 1.807) is 0 Å². The zero-order valence-electron chi connectivity index (χ0n) is 11.0. The number of benzene rings is 1. The minimum Gasteiger partial charge on any atom is -0.493 e. The molecule has 0 spiro atoms. The lowest BCUT2D eigenvalue weighted by molar-refractivity contribution is -0.136. The predicted molar refractivity (Wildman–Crippen MR) is 68.6 cm³/mol. The van der Waals surface area contributed by atoms with E-state index in [1.807, 2.05) is 0 Å². The standard InChI is InChI=1S/C12H16O6S/c1-17-9-6-8(4-5-12(13)14)11(19(3,15)16)7-10(9)18-2/h6-7H,4-5H2,1-3H3,(H,13,14). The molecule has 19 heavy (non-hydrogen) atoms. The SMILES string of the molecule is COc1cc(CCC(=O)O)c(S(C)(=O)=O)cc1OC. The van der Waals surface area contributed by atoms with Crippen molar-refractivity contribution in [3.8, 4) is 11.5 Å². The lowest BCUT2D eigenvalue weighted by Gasteiger charge is -2.13. The second kappa shape index (κ2) is 5.92. The predicted octanol–water partition coefficient (Wildman–Crippen LogP) is 1.12. The van der Waals surface area contributed by atoms with Gasteiger partial charge in [-0.3, -0.25) is 4.79 Å². The number of hydrogen-bond acceptors (Lipinski definition) is 5. The van der Waals surface area contributed by atoms with E-state index >= 15 is 0 Å². The van der Waals surface area contributed by atoms with Crippen molar-refractivity contribution in [2.24, 2.45) is 0 Å². The van der Waals surface area contributed by atoms with Crippen molar-refractivity contribution in [1.29, 1.82) is 0 Å². The number of carboxylic acids is 1. The molecule has 0 aliphatic rings. The average molecular weight is 288 g/mol. The highest BCUT2D eigenvalue weighted by atomic mass is 32.2. The van der Waals surface area contributed by atoms with E-state index in [2.05, 4.69) is 0 Å². The highest BCUT2D eigenvalue weighted by Crippen LogP contribution is 2.33. The maximum Gasteiger partial charge on any atom is 0.303 e. The van der Waals surface area contributed by atoms with Crippen LogP contribution in [0.4, 0.5) is 0 Å². The minimum absolute atomic E-state index is 0.0615. The van der Waals surface area contributed by atoms with Crippen LogP contribution in [0.2, 0.25) is 0 Å². The van der Waals surface area contributed by atoms with Gasteiger partial charge in [0.25, 0.3) is 0 Å². The maximum atomic E-state index is 11.7. The first-order valence-electron chi connectivity index (χ1n) is 5.46. The fourth-order valence-electron chi connectivity index (χ4n) is 1.68. The smallest absolute Gasteiger partial charge is 0.303 e. The Kier molecular flexibility index (Phi) is 4.77. The number of rotatable bonds is 6. The van der Waals surface area contributed by atoms with Crippen LogP contribution in [0.15, 0.2) is 17.0 Å². The molecule has 1 aromatic rings. The molecule has 1 N–H and O–H groups in total. The topological polar surface area (TPSA) is 89.9 Å². The molecule has 0 heterocycles. The zero-order chi connectivity index (χ0) is 14.6. The second-order valence-corrected chi connectivity index (χ2v) is 5.96. The van der Waals surface area contributed by atoms with Crippen LogP contribution in [-0.4, -0.2) is 40.0 Å². The lowest BCUT2D eigenvalue weighted by atomic mass is 10.1. The molecule has 0 bridgehead atoms. The van der Waals surface area contributed by atoms with Crippen molar-refractivity contribution in [1.82, 2.24) is 0 Å². The molecule has 0 saturated carbocycles. The number of methoxy groups -OCH3 is 2. The van der Waals surface area contributed by atoms with E-state index in [-0.39, 0.29) is 17.7 Å². The van der Waals surface area contributed by atoms with Crippen LogP contribution in [0.5, 0.6) is 11.5 Å². The van der Waals surface area contributed by atoms with E-state index in [9.17, 15) is 13.2 Å². The third-order valence-electron chi connectivity index (χ3n) is 2.57. The van der Waals surface area contributed by atoms with Gasteiger partial charge in [-0.25, -0.2) is 8.42 Å². The summed E-state index contributed by atoms with van der Waals surface area (Å²) in [4.78, 5) is 10.7. The van der Waals surface area contributed by atoms with Gasteiger partial charge in [0.2, 0.25) is 0 Å². The maximum absolute atomic E-state index is 11.7.